The number of fused-ring (bicyclic) bond motifs is 3. The Morgan fingerprint density at radius 3 is 2.74 bits per heavy atom. The van der Waals surface area contributed by atoms with Crippen LogP contribution in [0, 0.1) is 29.1 Å². The van der Waals surface area contributed by atoms with Crippen LogP contribution in [-0.2, 0) is 33.2 Å². The minimum absolute atomic E-state index is 0.0214. The summed E-state index contributed by atoms with van der Waals surface area (Å²) in [5.74, 6) is 0.118. The molecule has 0 unspecified atom stereocenters. The van der Waals surface area contributed by atoms with Crippen molar-refractivity contribution in [3.05, 3.63) is 30.1 Å². The van der Waals surface area contributed by atoms with Gasteiger partial charge in [0.25, 0.3) is 0 Å². The van der Waals surface area contributed by atoms with Crippen molar-refractivity contribution < 1.29 is 38.0 Å². The van der Waals surface area contributed by atoms with E-state index in [1.54, 1.807) is 18.3 Å². The maximum absolute atomic E-state index is 13.3. The minimum atomic E-state index is -0.637. The summed E-state index contributed by atoms with van der Waals surface area (Å²) in [5, 5.41) is 0. The van der Waals surface area contributed by atoms with E-state index in [9.17, 15) is 9.59 Å². The summed E-state index contributed by atoms with van der Waals surface area (Å²) in [6, 6.07) is 3.44. The average molecular weight is 530 g/mol. The molecule has 0 N–H and O–H groups in total. The van der Waals surface area contributed by atoms with Gasteiger partial charge in [0, 0.05) is 38.3 Å². The molecule has 2 saturated carbocycles. The van der Waals surface area contributed by atoms with Crippen LogP contribution in [-0.4, -0.2) is 67.1 Å². The number of pyridine rings is 1. The van der Waals surface area contributed by atoms with Crippen molar-refractivity contribution in [1.29, 1.82) is 0 Å². The topological polar surface area (TPSA) is 106 Å². The first-order valence-corrected chi connectivity index (χ1v) is 14.2. The number of epoxide rings is 1. The Morgan fingerprint density at radius 2 is 2.05 bits per heavy atom. The molecule has 208 valence electrons. The number of hydrogen-bond acceptors (Lipinski definition) is 9. The predicted molar refractivity (Wildman–Crippen MR) is 134 cm³/mol. The van der Waals surface area contributed by atoms with Crippen LogP contribution in [0.2, 0.25) is 0 Å². The van der Waals surface area contributed by atoms with Gasteiger partial charge in [-0.05, 0) is 62.5 Å². The molecule has 10 atom stereocenters. The summed E-state index contributed by atoms with van der Waals surface area (Å²) in [5.41, 5.74) is -0.688. The number of nitrogens with zero attached hydrogens (tertiary/aromatic N) is 1. The van der Waals surface area contributed by atoms with Gasteiger partial charge in [0.05, 0.1) is 23.7 Å². The van der Waals surface area contributed by atoms with E-state index in [-0.39, 0.29) is 49.0 Å². The van der Waals surface area contributed by atoms with Gasteiger partial charge in [0.15, 0.2) is 12.6 Å². The van der Waals surface area contributed by atoms with Gasteiger partial charge in [-0.1, -0.05) is 13.3 Å². The van der Waals surface area contributed by atoms with Crippen LogP contribution in [0.4, 0.5) is 0 Å². The van der Waals surface area contributed by atoms with Crippen LogP contribution < -0.4 is 0 Å². The molecular weight excluding hydrogens is 490 g/mol. The van der Waals surface area contributed by atoms with Gasteiger partial charge < -0.3 is 28.4 Å². The molecule has 1 aromatic heterocycles. The number of ether oxygens (including phenoxy) is 6. The van der Waals surface area contributed by atoms with Gasteiger partial charge in [0.2, 0.25) is 0 Å². The quantitative estimate of drug-likeness (QED) is 0.384. The Kier molecular flexibility index (Phi) is 6.99. The van der Waals surface area contributed by atoms with E-state index in [0.717, 1.165) is 32.1 Å². The normalized spacial score (nSPS) is 43.3. The lowest BCUT2D eigenvalue weighted by molar-refractivity contribution is -0.237. The van der Waals surface area contributed by atoms with Gasteiger partial charge in [-0.25, -0.2) is 4.79 Å². The molecule has 6 rings (SSSR count). The summed E-state index contributed by atoms with van der Waals surface area (Å²) in [7, 11) is 0. The van der Waals surface area contributed by atoms with Crippen molar-refractivity contribution in [3.8, 4) is 0 Å². The maximum atomic E-state index is 13.3. The van der Waals surface area contributed by atoms with E-state index in [0.29, 0.717) is 31.1 Å². The van der Waals surface area contributed by atoms with Crippen molar-refractivity contribution in [2.75, 3.05) is 19.8 Å². The van der Waals surface area contributed by atoms with Crippen molar-refractivity contribution >= 4 is 11.9 Å². The lowest BCUT2D eigenvalue weighted by atomic mass is 9.47. The van der Waals surface area contributed by atoms with E-state index in [2.05, 4.69) is 11.9 Å². The summed E-state index contributed by atoms with van der Waals surface area (Å²) in [4.78, 5) is 29.5. The summed E-state index contributed by atoms with van der Waals surface area (Å²) in [6.45, 7) is 7.02. The van der Waals surface area contributed by atoms with E-state index < -0.39 is 23.1 Å². The minimum Gasteiger partial charge on any atom is -0.465 e. The molecule has 1 aromatic rings. The highest BCUT2D eigenvalue weighted by molar-refractivity contribution is 5.89. The largest absolute Gasteiger partial charge is 0.465 e. The Balaban J connectivity index is 1.31. The standard InChI is InChI=1S/C29H39NO8/c1-4-33-24-13-20-12-22(36-27(20)38-24)25-17(2)11-23(37-26(32)19-7-6-10-30-14-19)29(16-34-18(3)31)21(25)8-5-9-28(29)15-35-28/h6-7,10,14,17,20-25,27H,4-5,8-9,11-13,15-16H2,1-3H3/t17-,20+,21-,22+,23+,24+,25+,27-,28+,29+/m1/s1. The van der Waals surface area contributed by atoms with Crippen molar-refractivity contribution in [3.63, 3.8) is 0 Å². The van der Waals surface area contributed by atoms with Gasteiger partial charge in [-0.15, -0.1) is 0 Å². The molecule has 0 radical (unpaired) electrons. The Hall–Kier alpha value is -2.07. The monoisotopic (exact) mass is 529 g/mol. The highest BCUT2D eigenvalue weighted by Crippen LogP contribution is 2.66. The second-order valence-electron chi connectivity index (χ2n) is 11.8. The summed E-state index contributed by atoms with van der Waals surface area (Å²) < 4.78 is 36.7. The molecule has 5 fully saturated rings. The zero-order chi connectivity index (χ0) is 26.5. The van der Waals surface area contributed by atoms with Crippen LogP contribution in [0.3, 0.4) is 0 Å². The van der Waals surface area contributed by atoms with E-state index >= 15 is 0 Å². The number of carbonyl (C=O) groups is 2. The fourth-order valence-electron chi connectivity index (χ4n) is 8.21. The van der Waals surface area contributed by atoms with Crippen molar-refractivity contribution in [1.82, 2.24) is 4.98 Å². The first kappa shape index (κ1) is 26.2. The molecule has 0 aromatic carbocycles. The van der Waals surface area contributed by atoms with Crippen molar-refractivity contribution in [2.24, 2.45) is 29.1 Å². The Labute approximate surface area is 223 Å². The van der Waals surface area contributed by atoms with Crippen molar-refractivity contribution in [2.45, 2.75) is 89.7 Å². The third kappa shape index (κ3) is 4.35. The molecule has 38 heavy (non-hydrogen) atoms. The Bertz CT molecular complexity index is 1020. The fourth-order valence-corrected chi connectivity index (χ4v) is 8.21. The fraction of sp³-hybridized carbons (Fsp3) is 0.759. The first-order valence-electron chi connectivity index (χ1n) is 14.2. The molecule has 0 bridgehead atoms. The van der Waals surface area contributed by atoms with Gasteiger partial charge in [-0.2, -0.15) is 0 Å². The molecule has 3 saturated heterocycles. The number of hydrogen-bond donors (Lipinski definition) is 0. The first-order chi connectivity index (χ1) is 18.4. The number of aromatic nitrogens is 1. The van der Waals surface area contributed by atoms with Crippen LogP contribution in [0.25, 0.3) is 0 Å². The predicted octanol–water partition coefficient (Wildman–Crippen LogP) is 3.90. The molecule has 0 amide bonds. The second-order valence-corrected chi connectivity index (χ2v) is 11.8. The molecule has 5 aliphatic rings. The lowest BCUT2D eigenvalue weighted by Gasteiger charge is -2.59. The molecule has 2 aliphatic carbocycles. The van der Waals surface area contributed by atoms with Crippen LogP contribution in [0.5, 0.6) is 0 Å². The maximum Gasteiger partial charge on any atom is 0.339 e. The lowest BCUT2D eigenvalue weighted by Crippen LogP contribution is -2.66. The SMILES string of the molecule is CCO[C@@H]1C[C@@H]2C[C@@H]([C@H]3[C@H](C)C[C@H](OC(=O)c4cccnc4)[C@]4(COC(C)=O)[C@@H]3CCC[C@]43CO3)O[C@@H]2O1. The second kappa shape index (κ2) is 10.2. The number of rotatable bonds is 7. The summed E-state index contributed by atoms with van der Waals surface area (Å²) in [6.07, 6.45) is 7.52. The zero-order valence-corrected chi connectivity index (χ0v) is 22.5. The van der Waals surface area contributed by atoms with Gasteiger partial charge in [0.1, 0.15) is 18.3 Å². The molecule has 4 heterocycles. The molecule has 1 spiro atoms. The molecule has 3 aliphatic heterocycles. The zero-order valence-electron chi connectivity index (χ0n) is 22.5. The van der Waals surface area contributed by atoms with Gasteiger partial charge >= 0.3 is 11.9 Å². The summed E-state index contributed by atoms with van der Waals surface area (Å²) >= 11 is 0. The number of esters is 2. The smallest absolute Gasteiger partial charge is 0.339 e. The van der Waals surface area contributed by atoms with Crippen LogP contribution >= 0.6 is 0 Å². The van der Waals surface area contributed by atoms with E-state index in [1.165, 1.54) is 13.1 Å². The molecule has 9 nitrogen and oxygen atoms in total. The highest BCUT2D eigenvalue weighted by atomic mass is 16.8. The number of carbonyl (C=O) groups excluding carboxylic acids is 2. The Morgan fingerprint density at radius 1 is 1.21 bits per heavy atom. The third-order valence-electron chi connectivity index (χ3n) is 9.83. The van der Waals surface area contributed by atoms with Crippen LogP contribution in [0.15, 0.2) is 24.5 Å². The van der Waals surface area contributed by atoms with Gasteiger partial charge in [-0.3, -0.25) is 9.78 Å². The molecular formula is C29H39NO8. The van der Waals surface area contributed by atoms with Crippen LogP contribution in [0.1, 0.15) is 69.7 Å². The third-order valence-corrected chi connectivity index (χ3v) is 9.83. The van der Waals surface area contributed by atoms with E-state index in [4.69, 9.17) is 28.4 Å². The van der Waals surface area contributed by atoms with E-state index in [1.807, 2.05) is 6.92 Å². The molecule has 9 heteroatoms. The highest BCUT2D eigenvalue weighted by Gasteiger charge is 2.74. The average Bonchev–Trinajstić information content (AvgIpc) is 3.42.